The highest BCUT2D eigenvalue weighted by Crippen LogP contribution is 2.19. The third-order valence-electron chi connectivity index (χ3n) is 5.83. The van der Waals surface area contributed by atoms with E-state index in [-0.39, 0.29) is 24.8 Å². The molecule has 0 fully saturated rings. The first kappa shape index (κ1) is 27.4. The average Bonchev–Trinajstić information content (AvgIpc) is 3.30. The van der Waals surface area contributed by atoms with Crippen LogP contribution >= 0.6 is 11.3 Å². The molecule has 2 amide bonds. The van der Waals surface area contributed by atoms with Gasteiger partial charge in [-0.2, -0.15) is 0 Å². The Morgan fingerprint density at radius 1 is 0.861 bits per heavy atom. The third kappa shape index (κ3) is 8.81. The molecule has 1 heterocycles. The van der Waals surface area contributed by atoms with Crippen LogP contribution in [0.5, 0.6) is 5.75 Å². The summed E-state index contributed by atoms with van der Waals surface area (Å²) in [6.07, 6.45) is 0.910. The minimum atomic E-state index is -0.0726. The van der Waals surface area contributed by atoms with E-state index in [9.17, 15) is 9.59 Å². The summed E-state index contributed by atoms with van der Waals surface area (Å²) in [5.74, 6) is 0.608. The van der Waals surface area contributed by atoms with Crippen molar-refractivity contribution in [1.29, 1.82) is 0 Å². The number of hydrogen-bond donors (Lipinski definition) is 0. The highest BCUT2D eigenvalue weighted by Gasteiger charge is 2.22. The number of carbonyl (C=O) groups is 2. The maximum absolute atomic E-state index is 13.6. The number of methoxy groups -OCH3 is 1. The minimum absolute atomic E-state index is 0.0400. The fourth-order valence-electron chi connectivity index (χ4n) is 3.88. The van der Waals surface area contributed by atoms with Crippen molar-refractivity contribution in [2.24, 2.45) is 0 Å². The van der Waals surface area contributed by atoms with Crippen molar-refractivity contribution in [3.8, 4) is 5.75 Å². The molecule has 0 atom stereocenters. The quantitative estimate of drug-likeness (QED) is 0.285. The predicted molar refractivity (Wildman–Crippen MR) is 144 cm³/mol. The molecule has 0 aliphatic heterocycles. The zero-order chi connectivity index (χ0) is 25.8. The van der Waals surface area contributed by atoms with Crippen LogP contribution in [-0.4, -0.2) is 55.0 Å². The van der Waals surface area contributed by atoms with E-state index in [1.54, 1.807) is 23.3 Å². The van der Waals surface area contributed by atoms with E-state index in [4.69, 9.17) is 9.47 Å². The summed E-state index contributed by atoms with van der Waals surface area (Å²) in [4.78, 5) is 32.7. The zero-order valence-electron chi connectivity index (χ0n) is 21.4. The molecule has 3 aromatic rings. The maximum Gasteiger partial charge on any atom is 0.242 e. The number of nitrogens with zero attached hydrogens (tertiary/aromatic N) is 2. The third-order valence-corrected chi connectivity index (χ3v) is 6.81. The van der Waals surface area contributed by atoms with Crippen LogP contribution in [0.3, 0.4) is 0 Å². The molecule has 0 bridgehead atoms. The fraction of sp³-hybridized carbons (Fsp3) is 0.379. The smallest absolute Gasteiger partial charge is 0.242 e. The summed E-state index contributed by atoms with van der Waals surface area (Å²) < 4.78 is 10.7. The van der Waals surface area contributed by atoms with Crippen molar-refractivity contribution in [1.82, 2.24) is 9.80 Å². The number of amides is 2. The van der Waals surface area contributed by atoms with Gasteiger partial charge in [-0.05, 0) is 55.7 Å². The van der Waals surface area contributed by atoms with Gasteiger partial charge < -0.3 is 19.3 Å². The fourth-order valence-corrected chi connectivity index (χ4v) is 4.79. The van der Waals surface area contributed by atoms with Gasteiger partial charge in [-0.3, -0.25) is 9.59 Å². The van der Waals surface area contributed by atoms with Crippen molar-refractivity contribution >= 4 is 23.2 Å². The minimum Gasteiger partial charge on any atom is -0.497 e. The van der Waals surface area contributed by atoms with Gasteiger partial charge in [-0.1, -0.05) is 42.5 Å². The largest absolute Gasteiger partial charge is 0.497 e. The van der Waals surface area contributed by atoms with Crippen LogP contribution in [0.2, 0.25) is 0 Å². The van der Waals surface area contributed by atoms with Crippen molar-refractivity contribution in [2.75, 3.05) is 33.4 Å². The summed E-state index contributed by atoms with van der Waals surface area (Å²) in [6.45, 7) is 6.72. The maximum atomic E-state index is 13.6. The number of rotatable bonds is 14. The molecule has 0 saturated heterocycles. The second kappa shape index (κ2) is 14.4. The first-order valence-electron chi connectivity index (χ1n) is 12.3. The van der Waals surface area contributed by atoms with E-state index >= 15 is 0 Å². The lowest BCUT2D eigenvalue weighted by Gasteiger charge is -2.28. The second-order valence-electron chi connectivity index (χ2n) is 8.64. The lowest BCUT2D eigenvalue weighted by molar-refractivity contribution is -0.141. The van der Waals surface area contributed by atoms with E-state index in [2.05, 4.69) is 19.1 Å². The molecular weight excluding hydrogens is 472 g/mol. The molecule has 0 aliphatic carbocycles. The molecule has 0 spiro atoms. The topological polar surface area (TPSA) is 59.1 Å². The molecule has 1 aromatic heterocycles. The van der Waals surface area contributed by atoms with E-state index in [1.165, 1.54) is 4.88 Å². The van der Waals surface area contributed by atoms with Crippen LogP contribution < -0.4 is 4.74 Å². The Morgan fingerprint density at radius 2 is 1.61 bits per heavy atom. The van der Waals surface area contributed by atoms with Gasteiger partial charge in [-0.15, -0.1) is 11.3 Å². The Morgan fingerprint density at radius 3 is 2.25 bits per heavy atom. The second-order valence-corrected chi connectivity index (χ2v) is 10.0. The van der Waals surface area contributed by atoms with Gasteiger partial charge >= 0.3 is 0 Å². The van der Waals surface area contributed by atoms with Crippen LogP contribution in [0.1, 0.15) is 34.2 Å². The standard InChI is InChI=1S/C29H36N2O4S/c1-4-35-18-8-17-30(28(32)19-24-12-14-26(34-3)15-13-24)22-29(33)31(20-25-9-6-5-7-10-25)21-27-16-11-23(2)36-27/h5-7,9-16H,4,8,17-22H2,1-3H3. The van der Waals surface area contributed by atoms with E-state index in [0.717, 1.165) is 21.8 Å². The number of benzene rings is 2. The molecule has 7 heteroatoms. The first-order valence-corrected chi connectivity index (χ1v) is 13.2. The lowest BCUT2D eigenvalue weighted by Crippen LogP contribution is -2.43. The van der Waals surface area contributed by atoms with Gasteiger partial charge in [0.05, 0.1) is 26.6 Å². The number of hydrogen-bond acceptors (Lipinski definition) is 5. The Kier molecular flexibility index (Phi) is 11.0. The molecule has 0 unspecified atom stereocenters. The SMILES string of the molecule is CCOCCCN(CC(=O)N(Cc1ccccc1)Cc1ccc(C)s1)C(=O)Cc1ccc(OC)cc1. The number of carbonyl (C=O) groups excluding carboxylic acids is 2. The molecule has 36 heavy (non-hydrogen) atoms. The summed E-state index contributed by atoms with van der Waals surface area (Å²) in [6, 6.07) is 21.6. The van der Waals surface area contributed by atoms with Gasteiger partial charge in [-0.25, -0.2) is 0 Å². The zero-order valence-corrected chi connectivity index (χ0v) is 22.3. The molecule has 0 aliphatic rings. The van der Waals surface area contributed by atoms with Gasteiger partial charge in [0.1, 0.15) is 5.75 Å². The summed E-state index contributed by atoms with van der Waals surface area (Å²) >= 11 is 1.69. The number of thiophene rings is 1. The average molecular weight is 509 g/mol. The van der Waals surface area contributed by atoms with Crippen molar-refractivity contribution in [3.63, 3.8) is 0 Å². The van der Waals surface area contributed by atoms with Crippen LogP contribution in [0.15, 0.2) is 66.7 Å². The lowest BCUT2D eigenvalue weighted by atomic mass is 10.1. The predicted octanol–water partition coefficient (Wildman–Crippen LogP) is 5.09. The molecule has 3 rings (SSSR count). The molecule has 0 N–H and O–H groups in total. The van der Waals surface area contributed by atoms with Gasteiger partial charge in [0.2, 0.25) is 11.8 Å². The van der Waals surface area contributed by atoms with Crippen LogP contribution in [0.4, 0.5) is 0 Å². The number of ether oxygens (including phenoxy) is 2. The van der Waals surface area contributed by atoms with E-state index < -0.39 is 0 Å². The highest BCUT2D eigenvalue weighted by atomic mass is 32.1. The monoisotopic (exact) mass is 508 g/mol. The Balaban J connectivity index is 1.74. The molecular formula is C29H36N2O4S. The first-order chi connectivity index (χ1) is 17.5. The summed E-state index contributed by atoms with van der Waals surface area (Å²) in [7, 11) is 1.62. The van der Waals surface area contributed by atoms with Gasteiger partial charge in [0.15, 0.2) is 0 Å². The Bertz CT molecular complexity index is 1080. The molecule has 192 valence electrons. The summed E-state index contributed by atoms with van der Waals surface area (Å²) in [5, 5.41) is 0. The van der Waals surface area contributed by atoms with Crippen LogP contribution in [-0.2, 0) is 33.8 Å². The van der Waals surface area contributed by atoms with Crippen LogP contribution in [0, 0.1) is 6.92 Å². The molecule has 0 saturated carbocycles. The summed E-state index contributed by atoms with van der Waals surface area (Å²) in [5.41, 5.74) is 1.95. The van der Waals surface area contributed by atoms with Crippen molar-refractivity contribution in [2.45, 2.75) is 39.8 Å². The molecule has 6 nitrogen and oxygen atoms in total. The molecule has 0 radical (unpaired) electrons. The highest BCUT2D eigenvalue weighted by molar-refractivity contribution is 7.11. The van der Waals surface area contributed by atoms with Crippen LogP contribution in [0.25, 0.3) is 0 Å². The van der Waals surface area contributed by atoms with E-state index in [0.29, 0.717) is 39.3 Å². The number of aryl methyl sites for hydroxylation is 1. The van der Waals surface area contributed by atoms with Crippen molar-refractivity contribution in [3.05, 3.63) is 87.6 Å². The Labute approximate surface area is 218 Å². The molecule has 2 aromatic carbocycles. The Hall–Kier alpha value is -3.16. The van der Waals surface area contributed by atoms with E-state index in [1.807, 2.05) is 66.4 Å². The van der Waals surface area contributed by atoms with Crippen molar-refractivity contribution < 1.29 is 19.1 Å². The normalized spacial score (nSPS) is 10.8. The van der Waals surface area contributed by atoms with Gasteiger partial charge in [0.25, 0.3) is 0 Å². The van der Waals surface area contributed by atoms with Gasteiger partial charge in [0, 0.05) is 36.1 Å².